The van der Waals surface area contributed by atoms with Crippen LogP contribution in [-0.4, -0.2) is 46.5 Å². The van der Waals surface area contributed by atoms with E-state index in [-0.39, 0.29) is 144 Å². The number of hydrogen-bond acceptors (Lipinski definition) is 4. The van der Waals surface area contributed by atoms with Crippen LogP contribution in [0.4, 0.5) is 0 Å². The molecule has 62 valence electrons. The van der Waals surface area contributed by atoms with E-state index in [0.717, 1.165) is 13.2 Å². The second-order valence-electron chi connectivity index (χ2n) is 1.85. The van der Waals surface area contributed by atoms with Crippen LogP contribution >= 0.6 is 0 Å². The third kappa shape index (κ3) is 13.9. The van der Waals surface area contributed by atoms with Crippen LogP contribution in [0, 0.1) is 13.2 Å². The van der Waals surface area contributed by atoms with E-state index in [2.05, 4.69) is 0 Å². The number of aliphatic hydroxyl groups excluding tert-OH is 3. The Morgan fingerprint density at radius 3 is 1.67 bits per heavy atom. The van der Waals surface area contributed by atoms with E-state index in [1.165, 1.54) is 0 Å². The Kier molecular flexibility index (Phi) is 30.7. The van der Waals surface area contributed by atoms with E-state index >= 15 is 0 Å². The number of aliphatic hydroxyl groups is 3. The zero-order valence-corrected chi connectivity index (χ0v) is 20.3. The topological polar surface area (TPSA) is 63.9 Å². The molecule has 0 rings (SSSR count). The van der Waals surface area contributed by atoms with Gasteiger partial charge in [-0.05, 0) is 0 Å². The molecule has 0 unspecified atom stereocenters. The van der Waals surface area contributed by atoms with Gasteiger partial charge in [0, 0.05) is 6.54 Å². The van der Waals surface area contributed by atoms with E-state index in [1.807, 2.05) is 0 Å². The summed E-state index contributed by atoms with van der Waals surface area (Å²) in [5.74, 6) is 0. The Balaban J connectivity index is -0.000000405. The minimum atomic E-state index is 0. The maximum absolute atomic E-state index is 8.46. The van der Waals surface area contributed by atoms with Gasteiger partial charge < -0.3 is 20.2 Å². The fourth-order valence-corrected chi connectivity index (χ4v) is 0.629. The molecule has 0 aromatic heterocycles. The molecular weight excluding hydrogens is 400 g/mol. The average Bonchev–Trinajstić information content (AvgIpc) is 1.90. The Morgan fingerprint density at radius 1 is 1.00 bits per heavy atom. The van der Waals surface area contributed by atoms with Crippen LogP contribution in [0.1, 0.15) is 0 Å². The molecule has 0 aliphatic heterocycles. The SMILES string of the molecule is O[CH-]CN(C[CH-]O)CCO.[Cs+].[Cs+]. The molecule has 0 fully saturated rings. The smallest absolute Gasteiger partial charge is 0.565 e. The second kappa shape index (κ2) is 17.3. The van der Waals surface area contributed by atoms with Crippen molar-refractivity contribution < 1.29 is 153 Å². The Bertz CT molecular complexity index is 63.5. The molecule has 3 N–H and O–H groups in total. The van der Waals surface area contributed by atoms with Crippen molar-refractivity contribution >= 4 is 0 Å². The van der Waals surface area contributed by atoms with Gasteiger partial charge >= 0.3 is 138 Å². The van der Waals surface area contributed by atoms with Crippen LogP contribution < -0.4 is 138 Å². The van der Waals surface area contributed by atoms with Gasteiger partial charge in [-0.2, -0.15) is 0 Å². The fraction of sp³-hybridized carbons (Fsp3) is 0.667. The van der Waals surface area contributed by atoms with Crippen molar-refractivity contribution in [1.29, 1.82) is 0 Å². The third-order valence-corrected chi connectivity index (χ3v) is 1.10. The molecule has 0 aromatic carbocycles. The summed E-state index contributed by atoms with van der Waals surface area (Å²) in [6, 6.07) is 0. The molecular formula is C6H13Cs2NO3. The van der Waals surface area contributed by atoms with Crippen molar-refractivity contribution in [2.45, 2.75) is 0 Å². The molecule has 0 spiro atoms. The summed E-state index contributed by atoms with van der Waals surface area (Å²) in [6.45, 7) is 3.17. The molecule has 0 amide bonds. The van der Waals surface area contributed by atoms with E-state index in [4.69, 9.17) is 15.3 Å². The van der Waals surface area contributed by atoms with Gasteiger partial charge in [0.1, 0.15) is 0 Å². The molecule has 0 aromatic rings. The van der Waals surface area contributed by atoms with Crippen LogP contribution in [0.5, 0.6) is 0 Å². The molecule has 4 nitrogen and oxygen atoms in total. The van der Waals surface area contributed by atoms with Crippen molar-refractivity contribution in [3.8, 4) is 0 Å². The Labute approximate surface area is 191 Å². The monoisotopic (exact) mass is 413 g/mol. The van der Waals surface area contributed by atoms with E-state index < -0.39 is 0 Å². The summed E-state index contributed by atoms with van der Waals surface area (Å²) >= 11 is 0. The molecule has 0 heterocycles. The average molecular weight is 413 g/mol. The fourth-order valence-electron chi connectivity index (χ4n) is 0.629. The summed E-state index contributed by atoms with van der Waals surface area (Å²) in [7, 11) is 0. The van der Waals surface area contributed by atoms with Crippen molar-refractivity contribution in [3.63, 3.8) is 0 Å². The minimum absolute atomic E-state index is 0. The molecule has 0 saturated heterocycles. The van der Waals surface area contributed by atoms with E-state index in [9.17, 15) is 0 Å². The summed E-state index contributed by atoms with van der Waals surface area (Å²) in [5, 5.41) is 25.1. The Hall–Kier alpha value is 3.94. The van der Waals surface area contributed by atoms with Gasteiger partial charge in [-0.25, -0.2) is 13.2 Å². The molecule has 0 aliphatic carbocycles. The summed E-state index contributed by atoms with van der Waals surface area (Å²) in [4.78, 5) is 1.68. The predicted octanol–water partition coefficient (Wildman–Crippen LogP) is -6.64. The van der Waals surface area contributed by atoms with Crippen LogP contribution in [0.3, 0.4) is 0 Å². The first-order chi connectivity index (χ1) is 4.85. The number of nitrogens with zero attached hydrogens (tertiary/aromatic N) is 1. The van der Waals surface area contributed by atoms with Crippen LogP contribution in [0.25, 0.3) is 0 Å². The first kappa shape index (κ1) is 21.3. The molecule has 0 bridgehead atoms. The van der Waals surface area contributed by atoms with Crippen molar-refractivity contribution in [3.05, 3.63) is 13.2 Å². The standard InChI is InChI=1S/C6H13NO3.2Cs/c8-4-1-7(2-5-9)3-6-10;;/h4-5,8-10H,1-3,6H2;;/q-2;2*+1. The van der Waals surface area contributed by atoms with Crippen molar-refractivity contribution in [1.82, 2.24) is 4.90 Å². The summed E-state index contributed by atoms with van der Waals surface area (Å²) in [6.07, 6.45) is 0. The van der Waals surface area contributed by atoms with Gasteiger partial charge in [0.2, 0.25) is 0 Å². The van der Waals surface area contributed by atoms with Gasteiger partial charge in [-0.3, -0.25) is 0 Å². The largest absolute Gasteiger partial charge is 1.00 e. The molecule has 0 atom stereocenters. The number of rotatable bonds is 6. The predicted molar refractivity (Wildman–Crippen MR) is 36.0 cm³/mol. The van der Waals surface area contributed by atoms with Gasteiger partial charge in [0.25, 0.3) is 0 Å². The van der Waals surface area contributed by atoms with Gasteiger partial charge in [-0.15, -0.1) is 13.1 Å². The third-order valence-electron chi connectivity index (χ3n) is 1.10. The summed E-state index contributed by atoms with van der Waals surface area (Å²) < 4.78 is 0. The van der Waals surface area contributed by atoms with E-state index in [1.54, 1.807) is 4.90 Å². The van der Waals surface area contributed by atoms with E-state index in [0.29, 0.717) is 19.6 Å². The van der Waals surface area contributed by atoms with Crippen molar-refractivity contribution in [2.24, 2.45) is 0 Å². The molecule has 0 radical (unpaired) electrons. The quantitative estimate of drug-likeness (QED) is 0.380. The Morgan fingerprint density at radius 2 is 1.42 bits per heavy atom. The number of hydrogen-bond donors (Lipinski definition) is 3. The maximum Gasteiger partial charge on any atom is 1.00 e. The van der Waals surface area contributed by atoms with Crippen molar-refractivity contribution in [2.75, 3.05) is 26.2 Å². The van der Waals surface area contributed by atoms with Gasteiger partial charge in [-0.1, -0.05) is 0 Å². The molecule has 0 aliphatic rings. The van der Waals surface area contributed by atoms with Crippen LogP contribution in [-0.2, 0) is 0 Å². The van der Waals surface area contributed by atoms with Gasteiger partial charge in [0.05, 0.1) is 6.61 Å². The first-order valence-electron chi connectivity index (χ1n) is 3.10. The first-order valence-corrected chi connectivity index (χ1v) is 3.10. The molecule has 12 heavy (non-hydrogen) atoms. The van der Waals surface area contributed by atoms with Crippen LogP contribution in [0.15, 0.2) is 0 Å². The zero-order chi connectivity index (χ0) is 7.82. The molecule has 0 saturated carbocycles. The zero-order valence-electron chi connectivity index (χ0n) is 7.77. The molecule has 6 heteroatoms. The normalized spacial score (nSPS) is 9.00. The summed E-state index contributed by atoms with van der Waals surface area (Å²) in [5.41, 5.74) is 0. The van der Waals surface area contributed by atoms with Crippen LogP contribution in [0.2, 0.25) is 0 Å². The second-order valence-corrected chi connectivity index (χ2v) is 1.85. The van der Waals surface area contributed by atoms with Gasteiger partial charge in [0.15, 0.2) is 0 Å². The maximum atomic E-state index is 8.46. The minimum Gasteiger partial charge on any atom is -0.565 e.